The lowest BCUT2D eigenvalue weighted by molar-refractivity contribution is -0.0378. The first kappa shape index (κ1) is 16.2. The van der Waals surface area contributed by atoms with E-state index in [0.717, 1.165) is 12.0 Å². The van der Waals surface area contributed by atoms with Crippen LogP contribution in [0.25, 0.3) is 0 Å². The number of benzene rings is 1. The van der Waals surface area contributed by atoms with E-state index >= 15 is 0 Å². The van der Waals surface area contributed by atoms with Gasteiger partial charge in [-0.05, 0) is 43.1 Å². The van der Waals surface area contributed by atoms with Gasteiger partial charge in [-0.1, -0.05) is 11.6 Å². The summed E-state index contributed by atoms with van der Waals surface area (Å²) in [4.78, 5) is 0. The van der Waals surface area contributed by atoms with Crippen LogP contribution in [0.4, 0.5) is 0 Å². The molecule has 0 aliphatic carbocycles. The molecule has 0 bridgehead atoms. The Bertz CT molecular complexity index is 400. The summed E-state index contributed by atoms with van der Waals surface area (Å²) >= 11 is 6.00. The molecule has 0 amide bonds. The number of methoxy groups -OCH3 is 2. The third kappa shape index (κ3) is 4.99. The van der Waals surface area contributed by atoms with Crippen molar-refractivity contribution in [1.29, 1.82) is 0 Å². The normalized spacial score (nSPS) is 14.2. The number of hydrogen-bond donors (Lipinski definition) is 2. The third-order valence-corrected chi connectivity index (χ3v) is 3.26. The van der Waals surface area contributed by atoms with Gasteiger partial charge in [0.2, 0.25) is 0 Å². The van der Waals surface area contributed by atoms with Crippen LogP contribution in [0.5, 0.6) is 5.75 Å². The highest BCUT2D eigenvalue weighted by molar-refractivity contribution is 6.30. The molecule has 19 heavy (non-hydrogen) atoms. The number of halogens is 1. The van der Waals surface area contributed by atoms with Crippen molar-refractivity contribution in [3.05, 3.63) is 28.8 Å². The minimum absolute atomic E-state index is 0.253. The van der Waals surface area contributed by atoms with E-state index in [-0.39, 0.29) is 6.61 Å². The van der Waals surface area contributed by atoms with E-state index in [4.69, 9.17) is 26.8 Å². The second-order valence-corrected chi connectivity index (χ2v) is 5.12. The van der Waals surface area contributed by atoms with Gasteiger partial charge in [0.05, 0.1) is 19.3 Å². The van der Waals surface area contributed by atoms with Crippen LogP contribution in [0.15, 0.2) is 18.2 Å². The Hall–Kier alpha value is -0.810. The summed E-state index contributed by atoms with van der Waals surface area (Å²) in [5.41, 5.74) is 5.42. The van der Waals surface area contributed by atoms with E-state index in [9.17, 15) is 5.11 Å². The summed E-state index contributed by atoms with van der Waals surface area (Å²) in [5, 5.41) is 11.2. The summed E-state index contributed by atoms with van der Waals surface area (Å²) < 4.78 is 10.4. The average molecular weight is 288 g/mol. The fourth-order valence-corrected chi connectivity index (χ4v) is 2.35. The maximum absolute atomic E-state index is 10.6. The number of ether oxygens (including phenoxy) is 2. The van der Waals surface area contributed by atoms with Crippen molar-refractivity contribution >= 4 is 11.6 Å². The van der Waals surface area contributed by atoms with E-state index in [1.54, 1.807) is 26.4 Å². The lowest BCUT2D eigenvalue weighted by atomic mass is 9.90. The van der Waals surface area contributed by atoms with Crippen molar-refractivity contribution in [1.82, 2.24) is 0 Å². The zero-order valence-corrected chi connectivity index (χ0v) is 12.2. The monoisotopic (exact) mass is 287 g/mol. The van der Waals surface area contributed by atoms with E-state index in [0.29, 0.717) is 30.2 Å². The predicted molar refractivity (Wildman–Crippen MR) is 76.8 cm³/mol. The van der Waals surface area contributed by atoms with E-state index in [1.807, 2.05) is 6.07 Å². The fourth-order valence-electron chi connectivity index (χ4n) is 2.15. The number of nitrogens with two attached hydrogens (primary N) is 1. The number of aliphatic hydroxyl groups is 1. The lowest BCUT2D eigenvalue weighted by Crippen LogP contribution is -2.37. The van der Waals surface area contributed by atoms with Gasteiger partial charge in [0.1, 0.15) is 5.75 Å². The van der Waals surface area contributed by atoms with Gasteiger partial charge in [-0.25, -0.2) is 0 Å². The molecule has 0 radical (unpaired) electrons. The van der Waals surface area contributed by atoms with Crippen molar-refractivity contribution < 1.29 is 14.6 Å². The largest absolute Gasteiger partial charge is 0.496 e. The molecule has 0 fully saturated rings. The number of rotatable bonds is 8. The van der Waals surface area contributed by atoms with Crippen molar-refractivity contribution in [2.75, 3.05) is 27.4 Å². The molecule has 4 nitrogen and oxygen atoms in total. The van der Waals surface area contributed by atoms with Crippen molar-refractivity contribution in [3.63, 3.8) is 0 Å². The third-order valence-electron chi connectivity index (χ3n) is 3.02. The fraction of sp³-hybridized carbons (Fsp3) is 0.571. The van der Waals surface area contributed by atoms with Gasteiger partial charge < -0.3 is 20.3 Å². The molecule has 108 valence electrons. The zero-order chi connectivity index (χ0) is 14.3. The summed E-state index contributed by atoms with van der Waals surface area (Å²) in [6.07, 6.45) is 1.74. The molecular weight excluding hydrogens is 266 g/mol. The summed E-state index contributed by atoms with van der Waals surface area (Å²) in [6, 6.07) is 5.37. The standard InChI is InChI=1S/C14H22ClNO3/c1-18-10-14(17,6-3-7-16)9-11-8-12(15)4-5-13(11)19-2/h4-5,8,17H,3,6-7,9-10,16H2,1-2H3. The first-order chi connectivity index (χ1) is 9.04. The maximum Gasteiger partial charge on any atom is 0.122 e. The average Bonchev–Trinajstić information content (AvgIpc) is 2.37. The molecule has 0 heterocycles. The summed E-state index contributed by atoms with van der Waals surface area (Å²) in [6.45, 7) is 0.793. The van der Waals surface area contributed by atoms with Crippen LogP contribution in [0.3, 0.4) is 0 Å². The van der Waals surface area contributed by atoms with E-state index in [2.05, 4.69) is 0 Å². The van der Waals surface area contributed by atoms with Gasteiger partial charge in [0, 0.05) is 18.6 Å². The van der Waals surface area contributed by atoms with Crippen LogP contribution in [-0.2, 0) is 11.2 Å². The molecule has 1 aromatic carbocycles. The number of hydrogen-bond acceptors (Lipinski definition) is 4. The molecule has 0 aliphatic rings. The van der Waals surface area contributed by atoms with Crippen LogP contribution in [0, 0.1) is 0 Å². The van der Waals surface area contributed by atoms with Gasteiger partial charge in [0.25, 0.3) is 0 Å². The van der Waals surface area contributed by atoms with Crippen LogP contribution < -0.4 is 10.5 Å². The quantitative estimate of drug-likeness (QED) is 0.768. The van der Waals surface area contributed by atoms with Gasteiger partial charge in [0.15, 0.2) is 0 Å². The van der Waals surface area contributed by atoms with E-state index in [1.165, 1.54) is 0 Å². The van der Waals surface area contributed by atoms with E-state index < -0.39 is 5.60 Å². The molecule has 1 atom stereocenters. The van der Waals surface area contributed by atoms with Crippen molar-refractivity contribution in [3.8, 4) is 5.75 Å². The Morgan fingerprint density at radius 2 is 2.11 bits per heavy atom. The van der Waals surface area contributed by atoms with Crippen LogP contribution in [0.2, 0.25) is 5.02 Å². The second-order valence-electron chi connectivity index (χ2n) is 4.68. The first-order valence-electron chi connectivity index (χ1n) is 6.28. The molecule has 0 spiro atoms. The topological polar surface area (TPSA) is 64.7 Å². The Kier molecular flexibility index (Phi) is 6.58. The minimum atomic E-state index is -0.952. The summed E-state index contributed by atoms with van der Waals surface area (Å²) in [7, 11) is 3.17. The van der Waals surface area contributed by atoms with Crippen LogP contribution >= 0.6 is 11.6 Å². The second kappa shape index (κ2) is 7.70. The van der Waals surface area contributed by atoms with Crippen LogP contribution in [0.1, 0.15) is 18.4 Å². The first-order valence-corrected chi connectivity index (χ1v) is 6.66. The Labute approximate surface area is 119 Å². The van der Waals surface area contributed by atoms with Gasteiger partial charge >= 0.3 is 0 Å². The van der Waals surface area contributed by atoms with Crippen LogP contribution in [-0.4, -0.2) is 38.1 Å². The smallest absolute Gasteiger partial charge is 0.122 e. The molecule has 0 saturated carbocycles. The molecule has 0 saturated heterocycles. The van der Waals surface area contributed by atoms with Crippen molar-refractivity contribution in [2.24, 2.45) is 5.73 Å². The molecule has 1 rings (SSSR count). The molecule has 1 unspecified atom stereocenters. The highest BCUT2D eigenvalue weighted by atomic mass is 35.5. The maximum atomic E-state index is 10.6. The molecule has 0 aliphatic heterocycles. The highest BCUT2D eigenvalue weighted by Gasteiger charge is 2.28. The minimum Gasteiger partial charge on any atom is -0.496 e. The molecule has 3 N–H and O–H groups in total. The zero-order valence-electron chi connectivity index (χ0n) is 11.5. The Morgan fingerprint density at radius 3 is 2.68 bits per heavy atom. The molecule has 5 heteroatoms. The summed E-state index contributed by atoms with van der Waals surface area (Å²) in [5.74, 6) is 0.715. The Balaban J connectivity index is 2.91. The Morgan fingerprint density at radius 1 is 1.37 bits per heavy atom. The molecule has 1 aromatic rings. The highest BCUT2D eigenvalue weighted by Crippen LogP contribution is 2.28. The lowest BCUT2D eigenvalue weighted by Gasteiger charge is -2.28. The molecular formula is C14H22ClNO3. The van der Waals surface area contributed by atoms with Gasteiger partial charge in [-0.15, -0.1) is 0 Å². The van der Waals surface area contributed by atoms with Crippen molar-refractivity contribution in [2.45, 2.75) is 24.9 Å². The molecule has 0 aromatic heterocycles. The SMILES string of the molecule is COCC(O)(CCCN)Cc1cc(Cl)ccc1OC. The van der Waals surface area contributed by atoms with Gasteiger partial charge in [-0.2, -0.15) is 0 Å². The van der Waals surface area contributed by atoms with Gasteiger partial charge in [-0.3, -0.25) is 0 Å². The predicted octanol–water partition coefficient (Wildman–Crippen LogP) is 2.01.